The number of para-hydroxylation sites is 2. The predicted octanol–water partition coefficient (Wildman–Crippen LogP) is 1.88. The van der Waals surface area contributed by atoms with Gasteiger partial charge in [0.25, 0.3) is 5.91 Å². The smallest absolute Gasteiger partial charge is 0.355 e. The van der Waals surface area contributed by atoms with Gasteiger partial charge in [-0.2, -0.15) is 4.37 Å². The van der Waals surface area contributed by atoms with E-state index < -0.39 is 5.97 Å². The van der Waals surface area contributed by atoms with Crippen molar-refractivity contribution in [3.63, 3.8) is 0 Å². The van der Waals surface area contributed by atoms with Gasteiger partial charge in [-0.1, -0.05) is 12.1 Å². The van der Waals surface area contributed by atoms with Crippen LogP contribution in [-0.2, 0) is 0 Å². The lowest BCUT2D eigenvalue weighted by Crippen LogP contribution is -2.37. The number of carbonyl (C=O) groups is 2. The zero-order valence-corrected chi connectivity index (χ0v) is 11.1. The molecule has 0 saturated heterocycles. The molecule has 1 amide bonds. The molecule has 0 fully saturated rings. The summed E-state index contributed by atoms with van der Waals surface area (Å²) >= 11 is 0.891. The highest BCUT2D eigenvalue weighted by Crippen LogP contribution is 2.32. The number of ether oxygens (including phenoxy) is 1. The molecule has 6 nitrogen and oxygen atoms in total. The highest BCUT2D eigenvalue weighted by atomic mass is 32.1. The third-order valence-electron chi connectivity index (χ3n) is 2.91. The number of carboxylic acid groups (broad SMARTS) is 1. The molecule has 2 aromatic rings. The first kappa shape index (κ1) is 12.6. The van der Waals surface area contributed by atoms with Crippen LogP contribution in [0.2, 0.25) is 0 Å². The van der Waals surface area contributed by atoms with Gasteiger partial charge in [0.1, 0.15) is 17.2 Å². The van der Waals surface area contributed by atoms with Crippen LogP contribution in [0.5, 0.6) is 5.75 Å². The van der Waals surface area contributed by atoms with Crippen LogP contribution in [0.3, 0.4) is 0 Å². The van der Waals surface area contributed by atoms with E-state index in [2.05, 4.69) is 4.37 Å². The number of amides is 1. The molecule has 0 atom stereocenters. The van der Waals surface area contributed by atoms with Gasteiger partial charge >= 0.3 is 5.97 Å². The van der Waals surface area contributed by atoms with Crippen molar-refractivity contribution in [2.45, 2.75) is 0 Å². The lowest BCUT2D eigenvalue weighted by Gasteiger charge is -2.28. The first-order valence-corrected chi connectivity index (χ1v) is 6.68. The summed E-state index contributed by atoms with van der Waals surface area (Å²) in [5, 5.41) is 8.85. The molecule has 1 N–H and O–H groups in total. The van der Waals surface area contributed by atoms with Crippen molar-refractivity contribution < 1.29 is 19.4 Å². The number of benzene rings is 1. The highest BCUT2D eigenvalue weighted by Gasteiger charge is 2.26. The van der Waals surface area contributed by atoms with E-state index in [9.17, 15) is 9.59 Å². The molecule has 1 aromatic heterocycles. The van der Waals surface area contributed by atoms with Gasteiger partial charge in [-0.15, -0.1) is 0 Å². The molecule has 0 spiro atoms. The number of aromatic carboxylic acids is 1. The van der Waals surface area contributed by atoms with Crippen molar-refractivity contribution in [3.8, 4) is 5.75 Å². The molecule has 7 heteroatoms. The van der Waals surface area contributed by atoms with Gasteiger partial charge in [-0.3, -0.25) is 4.79 Å². The van der Waals surface area contributed by atoms with Crippen molar-refractivity contribution in [1.82, 2.24) is 4.37 Å². The average molecular weight is 290 g/mol. The molecule has 0 bridgehead atoms. The van der Waals surface area contributed by atoms with Crippen LogP contribution in [0.4, 0.5) is 5.69 Å². The monoisotopic (exact) mass is 290 g/mol. The van der Waals surface area contributed by atoms with Crippen molar-refractivity contribution in [2.75, 3.05) is 18.1 Å². The number of nitrogens with zero attached hydrogens (tertiary/aromatic N) is 2. The molecule has 20 heavy (non-hydrogen) atoms. The summed E-state index contributed by atoms with van der Waals surface area (Å²) in [7, 11) is 0. The Bertz CT molecular complexity index is 683. The second kappa shape index (κ2) is 4.93. The fourth-order valence-electron chi connectivity index (χ4n) is 1.99. The average Bonchev–Trinajstić information content (AvgIpc) is 2.96. The van der Waals surface area contributed by atoms with Crippen LogP contribution in [-0.4, -0.2) is 34.5 Å². The quantitative estimate of drug-likeness (QED) is 0.913. The lowest BCUT2D eigenvalue weighted by molar-refractivity contribution is 0.0692. The fraction of sp³-hybridized carbons (Fsp3) is 0.154. The van der Waals surface area contributed by atoms with E-state index in [0.29, 0.717) is 29.5 Å². The fourth-order valence-corrected chi connectivity index (χ4v) is 2.67. The second-order valence-electron chi connectivity index (χ2n) is 4.15. The summed E-state index contributed by atoms with van der Waals surface area (Å²) in [6.07, 6.45) is 0. The molecule has 0 unspecified atom stereocenters. The number of carboxylic acids is 1. The Balaban J connectivity index is 1.93. The number of hydrogen-bond donors (Lipinski definition) is 1. The summed E-state index contributed by atoms with van der Waals surface area (Å²) in [5.41, 5.74) is 0.578. The van der Waals surface area contributed by atoms with Gasteiger partial charge in [0.2, 0.25) is 0 Å². The predicted molar refractivity (Wildman–Crippen MR) is 72.7 cm³/mol. The Labute approximate surface area is 118 Å². The van der Waals surface area contributed by atoms with E-state index in [-0.39, 0.29) is 11.6 Å². The Morgan fingerprint density at radius 2 is 2.15 bits per heavy atom. The molecule has 1 aliphatic rings. The maximum absolute atomic E-state index is 12.4. The van der Waals surface area contributed by atoms with Crippen molar-refractivity contribution in [3.05, 3.63) is 40.9 Å². The third-order valence-corrected chi connectivity index (χ3v) is 3.69. The molecule has 102 valence electrons. The van der Waals surface area contributed by atoms with Crippen molar-refractivity contribution in [2.24, 2.45) is 0 Å². The van der Waals surface area contributed by atoms with E-state index in [1.54, 1.807) is 17.0 Å². The van der Waals surface area contributed by atoms with E-state index in [0.717, 1.165) is 11.5 Å². The Morgan fingerprint density at radius 3 is 2.90 bits per heavy atom. The van der Waals surface area contributed by atoms with Crippen LogP contribution < -0.4 is 9.64 Å². The minimum absolute atomic E-state index is 0.111. The Hall–Kier alpha value is -2.41. The first-order valence-electron chi connectivity index (χ1n) is 5.90. The van der Waals surface area contributed by atoms with E-state index in [4.69, 9.17) is 9.84 Å². The molecule has 2 heterocycles. The second-order valence-corrected chi connectivity index (χ2v) is 4.96. The van der Waals surface area contributed by atoms with E-state index in [1.165, 1.54) is 6.07 Å². The summed E-state index contributed by atoms with van der Waals surface area (Å²) in [5.74, 6) is -0.747. The zero-order valence-electron chi connectivity index (χ0n) is 10.3. The molecule has 1 aliphatic heterocycles. The van der Waals surface area contributed by atoms with Gasteiger partial charge in [0, 0.05) is 0 Å². The largest absolute Gasteiger partial charge is 0.490 e. The minimum atomic E-state index is -1.14. The number of aromatic nitrogens is 1. The maximum Gasteiger partial charge on any atom is 0.355 e. The Morgan fingerprint density at radius 1 is 1.35 bits per heavy atom. The number of fused-ring (bicyclic) bond motifs is 1. The summed E-state index contributed by atoms with van der Waals surface area (Å²) in [6.45, 7) is 0.837. The minimum Gasteiger partial charge on any atom is -0.490 e. The Kier molecular flexibility index (Phi) is 3.11. The maximum atomic E-state index is 12.4. The highest BCUT2D eigenvalue weighted by molar-refractivity contribution is 7.08. The van der Waals surface area contributed by atoms with E-state index >= 15 is 0 Å². The molecule has 0 saturated carbocycles. The van der Waals surface area contributed by atoms with Crippen molar-refractivity contribution >= 4 is 29.1 Å². The SMILES string of the molecule is O=C(O)c1cc(C(=O)N2CCOc3ccccc32)sn1. The van der Waals surface area contributed by atoms with E-state index in [1.807, 2.05) is 12.1 Å². The van der Waals surface area contributed by atoms with Crippen LogP contribution in [0.1, 0.15) is 20.2 Å². The topological polar surface area (TPSA) is 79.7 Å². The molecular formula is C13H10N2O4S. The van der Waals surface area contributed by atoms with Gasteiger partial charge < -0.3 is 14.7 Å². The van der Waals surface area contributed by atoms with Gasteiger partial charge in [0.05, 0.1) is 12.2 Å². The number of hydrogen-bond acceptors (Lipinski definition) is 5. The molecule has 0 radical (unpaired) electrons. The molecule has 0 aliphatic carbocycles. The number of rotatable bonds is 2. The lowest BCUT2D eigenvalue weighted by atomic mass is 10.2. The summed E-state index contributed by atoms with van der Waals surface area (Å²) in [6, 6.07) is 8.55. The van der Waals surface area contributed by atoms with Crippen LogP contribution in [0.15, 0.2) is 30.3 Å². The number of anilines is 1. The van der Waals surface area contributed by atoms with Gasteiger partial charge in [-0.25, -0.2) is 4.79 Å². The van der Waals surface area contributed by atoms with Crippen LogP contribution >= 0.6 is 11.5 Å². The molecular weight excluding hydrogens is 280 g/mol. The summed E-state index contributed by atoms with van der Waals surface area (Å²) < 4.78 is 9.23. The van der Waals surface area contributed by atoms with Crippen LogP contribution in [0.25, 0.3) is 0 Å². The van der Waals surface area contributed by atoms with Crippen LogP contribution in [0, 0.1) is 0 Å². The number of carbonyl (C=O) groups excluding carboxylic acids is 1. The zero-order chi connectivity index (χ0) is 14.1. The standard InChI is InChI=1S/C13H10N2O4S/c16-12(11-7-8(13(17)18)14-20-11)15-5-6-19-10-4-2-1-3-9(10)15/h1-4,7H,5-6H2,(H,17,18). The normalized spacial score (nSPS) is 13.5. The summed E-state index contributed by atoms with van der Waals surface area (Å²) in [4.78, 5) is 25.1. The van der Waals surface area contributed by atoms with Crippen molar-refractivity contribution in [1.29, 1.82) is 0 Å². The van der Waals surface area contributed by atoms with Gasteiger partial charge in [-0.05, 0) is 29.7 Å². The first-order chi connectivity index (χ1) is 9.66. The van der Waals surface area contributed by atoms with Gasteiger partial charge in [0.15, 0.2) is 5.69 Å². The molecule has 1 aromatic carbocycles. The third kappa shape index (κ3) is 2.12. The molecule has 3 rings (SSSR count).